The number of H-pyrrole nitrogens is 1. The van der Waals surface area contributed by atoms with Crippen molar-refractivity contribution in [2.45, 2.75) is 39.0 Å². The number of fused-ring (bicyclic) bond motifs is 1. The molecule has 0 radical (unpaired) electrons. The standard InChI is InChI=1S/C16H19N5O2/c1-16(2,3)15-19-13(23-21-15)8-7-12(22)18-11-6-4-5-10-9-17-20-14(10)11/h4-6,9H,7-8H2,1-3H3,(H,17,20)(H,18,22). The van der Waals surface area contributed by atoms with Gasteiger partial charge in [-0.25, -0.2) is 0 Å². The second-order valence-electron chi connectivity index (χ2n) is 6.45. The fourth-order valence-electron chi connectivity index (χ4n) is 2.17. The highest BCUT2D eigenvalue weighted by Gasteiger charge is 2.21. The van der Waals surface area contributed by atoms with E-state index in [2.05, 4.69) is 25.7 Å². The lowest BCUT2D eigenvalue weighted by Gasteiger charge is -2.10. The van der Waals surface area contributed by atoms with Gasteiger partial charge in [-0.2, -0.15) is 10.1 Å². The summed E-state index contributed by atoms with van der Waals surface area (Å²) >= 11 is 0. The summed E-state index contributed by atoms with van der Waals surface area (Å²) in [6, 6.07) is 5.64. The van der Waals surface area contributed by atoms with E-state index in [0.717, 1.165) is 10.9 Å². The third-order valence-corrected chi connectivity index (χ3v) is 3.46. The van der Waals surface area contributed by atoms with Crippen molar-refractivity contribution >= 4 is 22.5 Å². The maximum Gasteiger partial charge on any atom is 0.227 e. The van der Waals surface area contributed by atoms with E-state index in [9.17, 15) is 4.79 Å². The quantitative estimate of drug-likeness (QED) is 0.772. The number of aryl methyl sites for hydroxylation is 1. The molecule has 1 amide bonds. The van der Waals surface area contributed by atoms with Crippen molar-refractivity contribution in [2.24, 2.45) is 0 Å². The molecule has 1 aromatic carbocycles. The van der Waals surface area contributed by atoms with E-state index >= 15 is 0 Å². The normalized spacial score (nSPS) is 11.8. The van der Waals surface area contributed by atoms with Gasteiger partial charge in [0.1, 0.15) is 0 Å². The molecule has 0 saturated carbocycles. The Kier molecular flexibility index (Phi) is 3.85. The minimum Gasteiger partial charge on any atom is -0.339 e. The van der Waals surface area contributed by atoms with E-state index in [4.69, 9.17) is 4.52 Å². The largest absolute Gasteiger partial charge is 0.339 e. The maximum atomic E-state index is 12.1. The molecule has 7 nitrogen and oxygen atoms in total. The first-order chi connectivity index (χ1) is 10.9. The smallest absolute Gasteiger partial charge is 0.227 e. The molecule has 3 aromatic rings. The van der Waals surface area contributed by atoms with Gasteiger partial charge in [0.25, 0.3) is 0 Å². The Morgan fingerprint density at radius 3 is 2.91 bits per heavy atom. The first kappa shape index (κ1) is 15.2. The molecule has 2 aromatic heterocycles. The number of aromatic nitrogens is 4. The molecule has 120 valence electrons. The van der Waals surface area contributed by atoms with Gasteiger partial charge in [0, 0.05) is 23.6 Å². The second kappa shape index (κ2) is 5.83. The summed E-state index contributed by atoms with van der Waals surface area (Å²) in [5.74, 6) is 1.02. The number of carbonyl (C=O) groups is 1. The number of aromatic amines is 1. The minimum absolute atomic E-state index is 0.109. The number of nitrogens with zero attached hydrogens (tertiary/aromatic N) is 3. The molecular formula is C16H19N5O2. The summed E-state index contributed by atoms with van der Waals surface area (Å²) in [5, 5.41) is 14.6. The number of nitrogens with one attached hydrogen (secondary N) is 2. The van der Waals surface area contributed by atoms with Crippen molar-refractivity contribution in [3.8, 4) is 0 Å². The molecule has 0 unspecified atom stereocenters. The molecular weight excluding hydrogens is 294 g/mol. The molecule has 0 aliphatic rings. The first-order valence-corrected chi connectivity index (χ1v) is 7.48. The van der Waals surface area contributed by atoms with Crippen molar-refractivity contribution in [3.63, 3.8) is 0 Å². The van der Waals surface area contributed by atoms with Crippen molar-refractivity contribution in [1.29, 1.82) is 0 Å². The van der Waals surface area contributed by atoms with Crippen LogP contribution in [0.1, 0.15) is 38.9 Å². The van der Waals surface area contributed by atoms with Crippen molar-refractivity contribution in [3.05, 3.63) is 36.1 Å². The van der Waals surface area contributed by atoms with Gasteiger partial charge < -0.3 is 9.84 Å². The number of anilines is 1. The van der Waals surface area contributed by atoms with Gasteiger partial charge in [-0.05, 0) is 6.07 Å². The molecule has 0 spiro atoms. The Hall–Kier alpha value is -2.70. The average molecular weight is 313 g/mol. The number of amides is 1. The van der Waals surface area contributed by atoms with Gasteiger partial charge in [0.2, 0.25) is 11.8 Å². The van der Waals surface area contributed by atoms with Gasteiger partial charge in [-0.15, -0.1) is 0 Å². The van der Waals surface area contributed by atoms with E-state index in [1.54, 1.807) is 6.20 Å². The van der Waals surface area contributed by atoms with Gasteiger partial charge in [-0.1, -0.05) is 38.1 Å². The summed E-state index contributed by atoms with van der Waals surface area (Å²) < 4.78 is 5.19. The summed E-state index contributed by atoms with van der Waals surface area (Å²) in [6.45, 7) is 6.04. The molecule has 0 aliphatic heterocycles. The van der Waals surface area contributed by atoms with Crippen molar-refractivity contribution in [2.75, 3.05) is 5.32 Å². The van der Waals surface area contributed by atoms with Crippen LogP contribution in [-0.4, -0.2) is 26.2 Å². The van der Waals surface area contributed by atoms with Crippen LogP contribution in [0.25, 0.3) is 10.9 Å². The van der Waals surface area contributed by atoms with Crippen molar-refractivity contribution < 1.29 is 9.32 Å². The zero-order valence-electron chi connectivity index (χ0n) is 13.4. The monoisotopic (exact) mass is 313 g/mol. The lowest BCUT2D eigenvalue weighted by molar-refractivity contribution is -0.116. The number of hydrogen-bond donors (Lipinski definition) is 2. The fourth-order valence-corrected chi connectivity index (χ4v) is 2.17. The average Bonchev–Trinajstić information content (AvgIpc) is 3.14. The predicted molar refractivity (Wildman–Crippen MR) is 86.0 cm³/mol. The molecule has 2 heterocycles. The van der Waals surface area contributed by atoms with E-state index < -0.39 is 0 Å². The van der Waals surface area contributed by atoms with Crippen LogP contribution < -0.4 is 5.32 Å². The van der Waals surface area contributed by atoms with Crippen molar-refractivity contribution in [1.82, 2.24) is 20.3 Å². The highest BCUT2D eigenvalue weighted by atomic mass is 16.5. The predicted octanol–water partition coefficient (Wildman–Crippen LogP) is 2.81. The molecule has 3 rings (SSSR count). The van der Waals surface area contributed by atoms with Crippen LogP contribution in [0.4, 0.5) is 5.69 Å². The number of benzene rings is 1. The van der Waals surface area contributed by atoms with Gasteiger partial charge in [0.15, 0.2) is 5.82 Å². The Morgan fingerprint density at radius 2 is 2.17 bits per heavy atom. The Morgan fingerprint density at radius 1 is 1.35 bits per heavy atom. The minimum atomic E-state index is -0.166. The highest BCUT2D eigenvalue weighted by Crippen LogP contribution is 2.21. The molecule has 7 heteroatoms. The summed E-state index contributed by atoms with van der Waals surface area (Å²) in [7, 11) is 0. The zero-order chi connectivity index (χ0) is 16.4. The lowest BCUT2D eigenvalue weighted by Crippen LogP contribution is -2.14. The SMILES string of the molecule is CC(C)(C)c1noc(CCC(=O)Nc2cccc3cn[nH]c23)n1. The molecule has 0 atom stereocenters. The summed E-state index contributed by atoms with van der Waals surface area (Å²) in [4.78, 5) is 16.4. The van der Waals surface area contributed by atoms with Gasteiger partial charge in [0.05, 0.1) is 17.4 Å². The van der Waals surface area contributed by atoms with Crippen LogP contribution in [0.3, 0.4) is 0 Å². The number of hydrogen-bond acceptors (Lipinski definition) is 5. The van der Waals surface area contributed by atoms with Crippen LogP contribution in [-0.2, 0) is 16.6 Å². The van der Waals surface area contributed by atoms with Crippen LogP contribution in [0.15, 0.2) is 28.9 Å². The van der Waals surface area contributed by atoms with Gasteiger partial charge in [-0.3, -0.25) is 9.89 Å². The lowest BCUT2D eigenvalue weighted by atomic mass is 9.96. The van der Waals surface area contributed by atoms with E-state index in [0.29, 0.717) is 23.8 Å². The van der Waals surface area contributed by atoms with Gasteiger partial charge >= 0.3 is 0 Å². The van der Waals surface area contributed by atoms with E-state index in [-0.39, 0.29) is 17.7 Å². The Balaban J connectivity index is 1.62. The summed E-state index contributed by atoms with van der Waals surface area (Å²) in [6.07, 6.45) is 2.40. The second-order valence-corrected chi connectivity index (χ2v) is 6.45. The van der Waals surface area contributed by atoms with E-state index in [1.807, 2.05) is 39.0 Å². The third kappa shape index (κ3) is 3.39. The van der Waals surface area contributed by atoms with E-state index in [1.165, 1.54) is 0 Å². The highest BCUT2D eigenvalue weighted by molar-refractivity contribution is 6.00. The molecule has 0 bridgehead atoms. The zero-order valence-corrected chi connectivity index (χ0v) is 13.4. The molecule has 0 aliphatic carbocycles. The Bertz CT molecular complexity index is 828. The fraction of sp³-hybridized carbons (Fsp3) is 0.375. The topological polar surface area (TPSA) is 96.7 Å². The third-order valence-electron chi connectivity index (χ3n) is 3.46. The molecule has 23 heavy (non-hydrogen) atoms. The van der Waals surface area contributed by atoms with Crippen LogP contribution in [0, 0.1) is 0 Å². The number of rotatable bonds is 4. The first-order valence-electron chi connectivity index (χ1n) is 7.48. The molecule has 0 fully saturated rings. The number of para-hydroxylation sites is 1. The van der Waals surface area contributed by atoms with Crippen LogP contribution >= 0.6 is 0 Å². The number of carbonyl (C=O) groups excluding carboxylic acids is 1. The maximum absolute atomic E-state index is 12.1. The van der Waals surface area contributed by atoms with Crippen LogP contribution in [0.2, 0.25) is 0 Å². The molecule has 2 N–H and O–H groups in total. The Labute approximate surface area is 133 Å². The summed E-state index contributed by atoms with van der Waals surface area (Å²) in [5.41, 5.74) is 1.36. The van der Waals surface area contributed by atoms with Crippen LogP contribution in [0.5, 0.6) is 0 Å². The molecule has 0 saturated heterocycles.